The van der Waals surface area contributed by atoms with E-state index in [9.17, 15) is 0 Å². The Labute approximate surface area is 110 Å². The third kappa shape index (κ3) is 4.63. The fourth-order valence-corrected chi connectivity index (χ4v) is 1.81. The van der Waals surface area contributed by atoms with Crippen molar-refractivity contribution in [3.8, 4) is 0 Å². The molecule has 0 fully saturated rings. The molecule has 0 amide bonds. The molecule has 0 spiro atoms. The van der Waals surface area contributed by atoms with Crippen molar-refractivity contribution in [2.75, 3.05) is 31.7 Å². The summed E-state index contributed by atoms with van der Waals surface area (Å²) in [5.74, 6) is 1.03. The fraction of sp³-hybridized carbons (Fsp3) is 0.643. The van der Waals surface area contributed by atoms with E-state index in [4.69, 9.17) is 9.72 Å². The van der Waals surface area contributed by atoms with E-state index in [0.29, 0.717) is 6.04 Å². The van der Waals surface area contributed by atoms with Gasteiger partial charge in [0.15, 0.2) is 0 Å². The molecule has 0 saturated carbocycles. The second-order valence-corrected chi connectivity index (χ2v) is 4.55. The van der Waals surface area contributed by atoms with Gasteiger partial charge in [0.05, 0.1) is 12.3 Å². The summed E-state index contributed by atoms with van der Waals surface area (Å²) in [5.41, 5.74) is 1.08. The molecular formula is C14H25N3O. The highest BCUT2D eigenvalue weighted by Gasteiger charge is 2.11. The first kappa shape index (κ1) is 14.9. The number of rotatable bonds is 8. The lowest BCUT2D eigenvalue weighted by Crippen LogP contribution is -2.34. The highest BCUT2D eigenvalue weighted by molar-refractivity contribution is 5.40. The Morgan fingerprint density at radius 1 is 1.39 bits per heavy atom. The zero-order valence-corrected chi connectivity index (χ0v) is 11.9. The van der Waals surface area contributed by atoms with Gasteiger partial charge < -0.3 is 15.0 Å². The zero-order valence-electron chi connectivity index (χ0n) is 11.9. The van der Waals surface area contributed by atoms with E-state index in [-0.39, 0.29) is 0 Å². The molecule has 0 aliphatic heterocycles. The van der Waals surface area contributed by atoms with E-state index >= 15 is 0 Å². The topological polar surface area (TPSA) is 37.4 Å². The molecule has 0 radical (unpaired) electrons. The Hall–Kier alpha value is -1.13. The van der Waals surface area contributed by atoms with Gasteiger partial charge in [-0.25, -0.2) is 4.98 Å². The number of anilines is 1. The lowest BCUT2D eigenvalue weighted by Gasteiger charge is -2.27. The van der Waals surface area contributed by atoms with Crippen LogP contribution in [0.25, 0.3) is 0 Å². The molecule has 1 heterocycles. The van der Waals surface area contributed by atoms with Crippen molar-refractivity contribution in [3.05, 3.63) is 23.9 Å². The summed E-state index contributed by atoms with van der Waals surface area (Å²) < 4.78 is 5.16. The van der Waals surface area contributed by atoms with Gasteiger partial charge in [0, 0.05) is 26.2 Å². The number of methoxy groups -OCH3 is 1. The standard InChI is InChI=1S/C14H25N3O/c1-5-15-11-13-7-6-8-14(16-13)17(12(2)3)9-10-18-4/h6-8,12,15H,5,9-11H2,1-4H3. The van der Waals surface area contributed by atoms with Gasteiger partial charge in [-0.15, -0.1) is 0 Å². The lowest BCUT2D eigenvalue weighted by atomic mass is 10.2. The second kappa shape index (κ2) is 8.06. The van der Waals surface area contributed by atoms with Gasteiger partial charge in [0.25, 0.3) is 0 Å². The van der Waals surface area contributed by atoms with Crippen LogP contribution in [0.2, 0.25) is 0 Å². The third-order valence-electron chi connectivity index (χ3n) is 2.80. The van der Waals surface area contributed by atoms with E-state index < -0.39 is 0 Å². The van der Waals surface area contributed by atoms with Crippen LogP contribution in [0.1, 0.15) is 26.5 Å². The van der Waals surface area contributed by atoms with Crippen LogP contribution in [0.3, 0.4) is 0 Å². The van der Waals surface area contributed by atoms with E-state index in [0.717, 1.165) is 37.8 Å². The minimum atomic E-state index is 0.419. The highest BCUT2D eigenvalue weighted by Crippen LogP contribution is 2.14. The summed E-state index contributed by atoms with van der Waals surface area (Å²) in [6.45, 7) is 9.82. The van der Waals surface area contributed by atoms with Crippen molar-refractivity contribution in [1.82, 2.24) is 10.3 Å². The van der Waals surface area contributed by atoms with Crippen molar-refractivity contribution >= 4 is 5.82 Å². The molecule has 0 aliphatic carbocycles. The number of hydrogen-bond acceptors (Lipinski definition) is 4. The molecule has 102 valence electrons. The number of aromatic nitrogens is 1. The molecule has 0 aromatic carbocycles. The van der Waals surface area contributed by atoms with Gasteiger partial charge in [-0.1, -0.05) is 13.0 Å². The Bertz CT molecular complexity index is 342. The van der Waals surface area contributed by atoms with Crippen LogP contribution in [0.5, 0.6) is 0 Å². The average Bonchev–Trinajstić information content (AvgIpc) is 2.37. The number of ether oxygens (including phenoxy) is 1. The summed E-state index contributed by atoms with van der Waals surface area (Å²) in [5, 5.41) is 3.30. The van der Waals surface area contributed by atoms with Crippen LogP contribution < -0.4 is 10.2 Å². The van der Waals surface area contributed by atoms with Crippen molar-refractivity contribution in [3.63, 3.8) is 0 Å². The van der Waals surface area contributed by atoms with E-state index in [1.54, 1.807) is 7.11 Å². The summed E-state index contributed by atoms with van der Waals surface area (Å²) >= 11 is 0. The molecule has 0 bridgehead atoms. The smallest absolute Gasteiger partial charge is 0.129 e. The molecule has 0 atom stereocenters. The minimum Gasteiger partial charge on any atom is -0.383 e. The zero-order chi connectivity index (χ0) is 13.4. The van der Waals surface area contributed by atoms with Crippen LogP contribution in [-0.4, -0.2) is 37.8 Å². The number of nitrogens with one attached hydrogen (secondary N) is 1. The fourth-order valence-electron chi connectivity index (χ4n) is 1.81. The first-order valence-electron chi connectivity index (χ1n) is 6.61. The van der Waals surface area contributed by atoms with Crippen molar-refractivity contribution in [2.45, 2.75) is 33.4 Å². The molecule has 0 saturated heterocycles. The second-order valence-electron chi connectivity index (χ2n) is 4.55. The summed E-state index contributed by atoms with van der Waals surface area (Å²) in [7, 11) is 1.73. The Morgan fingerprint density at radius 3 is 2.78 bits per heavy atom. The number of nitrogens with zero attached hydrogens (tertiary/aromatic N) is 2. The summed E-state index contributed by atoms with van der Waals surface area (Å²) in [6.07, 6.45) is 0. The summed E-state index contributed by atoms with van der Waals surface area (Å²) in [4.78, 5) is 6.96. The quantitative estimate of drug-likeness (QED) is 0.767. The highest BCUT2D eigenvalue weighted by atomic mass is 16.5. The van der Waals surface area contributed by atoms with Crippen molar-refractivity contribution in [2.24, 2.45) is 0 Å². The van der Waals surface area contributed by atoms with E-state index in [1.165, 1.54) is 0 Å². The van der Waals surface area contributed by atoms with E-state index in [1.807, 2.05) is 0 Å². The normalized spacial score (nSPS) is 10.9. The number of hydrogen-bond donors (Lipinski definition) is 1. The van der Waals surface area contributed by atoms with Gasteiger partial charge in [0.2, 0.25) is 0 Å². The molecule has 1 aromatic heterocycles. The number of pyridine rings is 1. The maximum Gasteiger partial charge on any atom is 0.129 e. The average molecular weight is 251 g/mol. The van der Waals surface area contributed by atoms with Gasteiger partial charge >= 0.3 is 0 Å². The first-order valence-corrected chi connectivity index (χ1v) is 6.61. The Morgan fingerprint density at radius 2 is 2.17 bits per heavy atom. The van der Waals surface area contributed by atoms with Crippen LogP contribution in [0.15, 0.2) is 18.2 Å². The molecule has 4 heteroatoms. The van der Waals surface area contributed by atoms with Crippen molar-refractivity contribution in [1.29, 1.82) is 0 Å². The molecule has 1 aromatic rings. The minimum absolute atomic E-state index is 0.419. The molecule has 4 nitrogen and oxygen atoms in total. The molecule has 1 rings (SSSR count). The maximum absolute atomic E-state index is 5.16. The molecular weight excluding hydrogens is 226 g/mol. The van der Waals surface area contributed by atoms with Crippen LogP contribution in [0.4, 0.5) is 5.82 Å². The Balaban J connectivity index is 2.77. The van der Waals surface area contributed by atoms with Crippen LogP contribution >= 0.6 is 0 Å². The van der Waals surface area contributed by atoms with Gasteiger partial charge in [-0.2, -0.15) is 0 Å². The predicted molar refractivity (Wildman–Crippen MR) is 76.0 cm³/mol. The maximum atomic E-state index is 5.16. The van der Waals surface area contributed by atoms with Crippen LogP contribution in [0, 0.1) is 0 Å². The largest absolute Gasteiger partial charge is 0.383 e. The predicted octanol–water partition coefficient (Wildman–Crippen LogP) is 2.05. The molecule has 0 unspecified atom stereocenters. The molecule has 18 heavy (non-hydrogen) atoms. The SMILES string of the molecule is CCNCc1cccc(N(CCOC)C(C)C)n1. The van der Waals surface area contributed by atoms with Gasteiger partial charge in [-0.3, -0.25) is 0 Å². The van der Waals surface area contributed by atoms with Crippen LogP contribution in [-0.2, 0) is 11.3 Å². The Kier molecular flexibility index (Phi) is 6.68. The third-order valence-corrected chi connectivity index (χ3v) is 2.80. The van der Waals surface area contributed by atoms with Gasteiger partial charge in [-0.05, 0) is 32.5 Å². The van der Waals surface area contributed by atoms with Crippen molar-refractivity contribution < 1.29 is 4.74 Å². The van der Waals surface area contributed by atoms with Gasteiger partial charge in [0.1, 0.15) is 5.82 Å². The van der Waals surface area contributed by atoms with E-state index in [2.05, 4.69) is 49.2 Å². The molecule has 1 N–H and O–H groups in total. The first-order chi connectivity index (χ1) is 8.69. The lowest BCUT2D eigenvalue weighted by molar-refractivity contribution is 0.203. The monoisotopic (exact) mass is 251 g/mol. The summed E-state index contributed by atoms with van der Waals surface area (Å²) in [6, 6.07) is 6.60. The molecule has 0 aliphatic rings.